The smallest absolute Gasteiger partial charge is 0.120 e. The van der Waals surface area contributed by atoms with E-state index >= 15 is 0 Å². The van der Waals surface area contributed by atoms with Crippen LogP contribution in [-0.2, 0) is 0 Å². The molecule has 0 bridgehead atoms. The molecule has 1 nitrogen and oxygen atoms in total. The Morgan fingerprint density at radius 2 is 1.71 bits per heavy atom. The van der Waals surface area contributed by atoms with Gasteiger partial charge in [0.1, 0.15) is 11.4 Å². The largest absolute Gasteiger partial charge is 0.488 e. The molecule has 0 heterocycles. The van der Waals surface area contributed by atoms with Gasteiger partial charge in [-0.15, -0.1) is 12.3 Å². The Balaban J connectivity index is 0.00000289. The standard InChI is InChI=1S/C16H22O.H2/c1-7-15(3,4)12-16(5,6)17-14-10-8-13(2)9-11-14;/h1,8-11H,12H2,2-6H3;1H. The summed E-state index contributed by atoms with van der Waals surface area (Å²) in [6.45, 7) is 10.3. The summed E-state index contributed by atoms with van der Waals surface area (Å²) >= 11 is 0. The SMILES string of the molecule is C#CC(C)(C)CC(C)(C)Oc1ccc(C)cc1.[HH]. The van der Waals surface area contributed by atoms with Gasteiger partial charge in [-0.1, -0.05) is 17.7 Å². The fourth-order valence-electron chi connectivity index (χ4n) is 2.08. The lowest BCUT2D eigenvalue weighted by atomic mass is 9.82. The lowest BCUT2D eigenvalue weighted by Crippen LogP contribution is -2.33. The summed E-state index contributed by atoms with van der Waals surface area (Å²) in [5.41, 5.74) is 0.832. The summed E-state index contributed by atoms with van der Waals surface area (Å²) in [7, 11) is 0. The Morgan fingerprint density at radius 1 is 1.18 bits per heavy atom. The molecular weight excluding hydrogens is 208 g/mol. The third-order valence-corrected chi connectivity index (χ3v) is 2.67. The van der Waals surface area contributed by atoms with Crippen molar-refractivity contribution in [3.05, 3.63) is 29.8 Å². The van der Waals surface area contributed by atoms with E-state index in [4.69, 9.17) is 11.2 Å². The van der Waals surface area contributed by atoms with Crippen LogP contribution in [0.25, 0.3) is 0 Å². The first kappa shape index (κ1) is 13.6. The number of rotatable bonds is 4. The molecule has 0 aliphatic rings. The minimum absolute atomic E-state index is 0. The third kappa shape index (κ3) is 4.53. The quantitative estimate of drug-likeness (QED) is 0.697. The highest BCUT2D eigenvalue weighted by Crippen LogP contribution is 2.30. The molecule has 0 radical (unpaired) electrons. The van der Waals surface area contributed by atoms with Gasteiger partial charge in [0, 0.05) is 13.3 Å². The third-order valence-electron chi connectivity index (χ3n) is 2.67. The van der Waals surface area contributed by atoms with Crippen molar-refractivity contribution in [2.75, 3.05) is 0 Å². The maximum absolute atomic E-state index is 6.00. The number of terminal acetylenes is 1. The highest BCUT2D eigenvalue weighted by Gasteiger charge is 2.29. The van der Waals surface area contributed by atoms with Crippen LogP contribution in [0.1, 0.15) is 41.1 Å². The van der Waals surface area contributed by atoms with Crippen molar-refractivity contribution in [3.63, 3.8) is 0 Å². The zero-order valence-corrected chi connectivity index (χ0v) is 11.5. The van der Waals surface area contributed by atoms with Crippen LogP contribution in [0, 0.1) is 24.7 Å². The van der Waals surface area contributed by atoms with E-state index in [0.29, 0.717) is 0 Å². The zero-order chi connectivity index (χ0) is 13.1. The van der Waals surface area contributed by atoms with Crippen molar-refractivity contribution in [2.24, 2.45) is 5.41 Å². The van der Waals surface area contributed by atoms with Crippen LogP contribution in [0.5, 0.6) is 5.75 Å². The normalized spacial score (nSPS) is 12.0. The second-order valence-electron chi connectivity index (χ2n) is 5.88. The van der Waals surface area contributed by atoms with Crippen LogP contribution in [0.2, 0.25) is 0 Å². The Kier molecular flexibility index (Phi) is 3.88. The molecule has 1 rings (SSSR count). The lowest BCUT2D eigenvalue weighted by Gasteiger charge is -2.32. The molecule has 1 aromatic carbocycles. The Labute approximate surface area is 107 Å². The molecule has 0 aromatic heterocycles. The van der Waals surface area contributed by atoms with E-state index in [-0.39, 0.29) is 12.4 Å². The van der Waals surface area contributed by atoms with Gasteiger partial charge >= 0.3 is 0 Å². The first-order valence-corrected chi connectivity index (χ1v) is 5.98. The monoisotopic (exact) mass is 232 g/mol. The number of hydrogen-bond acceptors (Lipinski definition) is 1. The molecule has 0 spiro atoms. The fourth-order valence-corrected chi connectivity index (χ4v) is 2.08. The molecule has 0 aliphatic carbocycles. The molecule has 1 aromatic rings. The van der Waals surface area contributed by atoms with Crippen molar-refractivity contribution < 1.29 is 6.16 Å². The van der Waals surface area contributed by atoms with E-state index in [1.807, 2.05) is 12.1 Å². The average molecular weight is 232 g/mol. The molecule has 0 unspecified atom stereocenters. The molecule has 0 N–H and O–H groups in total. The number of hydrogen-bond donors (Lipinski definition) is 0. The molecule has 17 heavy (non-hydrogen) atoms. The second-order valence-corrected chi connectivity index (χ2v) is 5.88. The molecule has 0 aliphatic heterocycles. The van der Waals surface area contributed by atoms with Crippen LogP contribution in [-0.4, -0.2) is 5.60 Å². The molecule has 0 saturated heterocycles. The molecular formula is C16H24O. The Morgan fingerprint density at radius 3 is 2.18 bits per heavy atom. The summed E-state index contributed by atoms with van der Waals surface area (Å²) in [6, 6.07) is 8.11. The van der Waals surface area contributed by atoms with Crippen LogP contribution in [0.4, 0.5) is 0 Å². The minimum Gasteiger partial charge on any atom is -0.488 e. The van der Waals surface area contributed by atoms with Crippen LogP contribution < -0.4 is 4.74 Å². The van der Waals surface area contributed by atoms with Crippen molar-refractivity contribution in [2.45, 2.75) is 46.6 Å². The van der Waals surface area contributed by atoms with E-state index in [2.05, 4.69) is 52.7 Å². The number of aryl methyl sites for hydroxylation is 1. The van der Waals surface area contributed by atoms with Crippen LogP contribution in [0.15, 0.2) is 24.3 Å². The van der Waals surface area contributed by atoms with Crippen molar-refractivity contribution >= 4 is 0 Å². The van der Waals surface area contributed by atoms with E-state index in [9.17, 15) is 0 Å². The van der Waals surface area contributed by atoms with Gasteiger partial charge in [0.15, 0.2) is 0 Å². The van der Waals surface area contributed by atoms with Gasteiger partial charge in [-0.2, -0.15) is 0 Å². The first-order chi connectivity index (χ1) is 7.74. The summed E-state index contributed by atoms with van der Waals surface area (Å²) in [5.74, 6) is 3.71. The van der Waals surface area contributed by atoms with Crippen LogP contribution in [0.3, 0.4) is 0 Å². The van der Waals surface area contributed by atoms with Gasteiger partial charge in [0.25, 0.3) is 0 Å². The summed E-state index contributed by atoms with van der Waals surface area (Å²) in [6.07, 6.45) is 6.34. The van der Waals surface area contributed by atoms with E-state index in [0.717, 1.165) is 12.2 Å². The maximum atomic E-state index is 6.00. The van der Waals surface area contributed by atoms with Crippen molar-refractivity contribution in [1.29, 1.82) is 0 Å². The fraction of sp³-hybridized carbons (Fsp3) is 0.500. The maximum Gasteiger partial charge on any atom is 0.120 e. The highest BCUT2D eigenvalue weighted by atomic mass is 16.5. The number of ether oxygens (including phenoxy) is 1. The molecule has 1 heteroatoms. The van der Waals surface area contributed by atoms with Gasteiger partial charge < -0.3 is 4.74 Å². The summed E-state index contributed by atoms with van der Waals surface area (Å²) in [4.78, 5) is 0. The first-order valence-electron chi connectivity index (χ1n) is 5.98. The van der Waals surface area contributed by atoms with E-state index < -0.39 is 0 Å². The van der Waals surface area contributed by atoms with Gasteiger partial charge in [0.05, 0.1) is 0 Å². The second kappa shape index (κ2) is 4.84. The Bertz CT molecular complexity index is 410. The summed E-state index contributed by atoms with van der Waals surface area (Å²) < 4.78 is 6.00. The van der Waals surface area contributed by atoms with E-state index in [1.54, 1.807) is 0 Å². The van der Waals surface area contributed by atoms with Crippen molar-refractivity contribution in [1.82, 2.24) is 0 Å². The predicted molar refractivity (Wildman–Crippen MR) is 75.2 cm³/mol. The van der Waals surface area contributed by atoms with E-state index in [1.165, 1.54) is 5.56 Å². The Hall–Kier alpha value is -1.42. The molecule has 94 valence electrons. The minimum atomic E-state index is -0.259. The summed E-state index contributed by atoms with van der Waals surface area (Å²) in [5, 5.41) is 0. The molecule has 0 saturated carbocycles. The predicted octanol–water partition coefficient (Wildman–Crippen LogP) is 4.45. The number of benzene rings is 1. The van der Waals surface area contributed by atoms with Gasteiger partial charge in [-0.3, -0.25) is 0 Å². The van der Waals surface area contributed by atoms with Gasteiger partial charge in [0.2, 0.25) is 0 Å². The van der Waals surface area contributed by atoms with Gasteiger partial charge in [-0.25, -0.2) is 0 Å². The van der Waals surface area contributed by atoms with Crippen LogP contribution >= 0.6 is 0 Å². The average Bonchev–Trinajstić information content (AvgIpc) is 2.20. The zero-order valence-electron chi connectivity index (χ0n) is 11.5. The highest BCUT2D eigenvalue weighted by molar-refractivity contribution is 5.27. The molecule has 0 amide bonds. The van der Waals surface area contributed by atoms with Crippen molar-refractivity contribution in [3.8, 4) is 18.1 Å². The van der Waals surface area contributed by atoms with Gasteiger partial charge in [-0.05, 0) is 46.8 Å². The lowest BCUT2D eigenvalue weighted by molar-refractivity contribution is 0.0721. The topological polar surface area (TPSA) is 9.23 Å². The molecule has 0 fully saturated rings. The molecule has 0 atom stereocenters.